The van der Waals surface area contributed by atoms with E-state index >= 15 is 0 Å². The summed E-state index contributed by atoms with van der Waals surface area (Å²) in [5.41, 5.74) is 1.84. The molecule has 1 aromatic carbocycles. The fourth-order valence-electron chi connectivity index (χ4n) is 2.08. The highest BCUT2D eigenvalue weighted by molar-refractivity contribution is 5.75. The summed E-state index contributed by atoms with van der Waals surface area (Å²) in [4.78, 5) is 14.6. The molecule has 1 N–H and O–H groups in total. The Morgan fingerprint density at radius 2 is 2.00 bits per heavy atom. The summed E-state index contributed by atoms with van der Waals surface area (Å²) in [5, 5.41) is 9.25. The van der Waals surface area contributed by atoms with Crippen LogP contribution >= 0.6 is 0 Å². The maximum absolute atomic E-state index is 11.9. The van der Waals surface area contributed by atoms with Gasteiger partial charge in [0.2, 0.25) is 0 Å². The van der Waals surface area contributed by atoms with E-state index in [1.165, 1.54) is 0 Å². The summed E-state index contributed by atoms with van der Waals surface area (Å²) >= 11 is 0. The molecule has 0 aliphatic rings. The Morgan fingerprint density at radius 1 is 1.29 bits per heavy atom. The SMILES string of the molecule is Cc1cc(-c2ccccc2OCC(C)C)c(C#N)c(=O)[nH]1. The molecule has 0 saturated heterocycles. The Labute approximate surface area is 124 Å². The van der Waals surface area contributed by atoms with Crippen molar-refractivity contribution in [2.45, 2.75) is 20.8 Å². The zero-order chi connectivity index (χ0) is 15.4. The van der Waals surface area contributed by atoms with Gasteiger partial charge in [0.25, 0.3) is 5.56 Å². The van der Waals surface area contributed by atoms with E-state index in [9.17, 15) is 10.1 Å². The quantitative estimate of drug-likeness (QED) is 0.936. The minimum atomic E-state index is -0.369. The topological polar surface area (TPSA) is 65.9 Å². The lowest BCUT2D eigenvalue weighted by molar-refractivity contribution is 0.272. The van der Waals surface area contributed by atoms with Crippen molar-refractivity contribution in [1.29, 1.82) is 5.26 Å². The predicted molar refractivity (Wildman–Crippen MR) is 82.3 cm³/mol. The van der Waals surface area contributed by atoms with E-state index in [-0.39, 0.29) is 11.1 Å². The van der Waals surface area contributed by atoms with Crippen LogP contribution in [-0.2, 0) is 0 Å². The van der Waals surface area contributed by atoms with Gasteiger partial charge >= 0.3 is 0 Å². The van der Waals surface area contributed by atoms with Crippen LogP contribution in [0.25, 0.3) is 11.1 Å². The van der Waals surface area contributed by atoms with E-state index in [2.05, 4.69) is 18.8 Å². The first kappa shape index (κ1) is 14.9. The third kappa shape index (κ3) is 3.32. The molecule has 0 unspecified atom stereocenters. The number of benzene rings is 1. The number of H-pyrrole nitrogens is 1. The van der Waals surface area contributed by atoms with Gasteiger partial charge in [-0.1, -0.05) is 32.0 Å². The van der Waals surface area contributed by atoms with Crippen molar-refractivity contribution >= 4 is 0 Å². The molecule has 4 heteroatoms. The van der Waals surface area contributed by atoms with Crippen molar-refractivity contribution in [3.63, 3.8) is 0 Å². The van der Waals surface area contributed by atoms with Crippen LogP contribution in [0.5, 0.6) is 5.75 Å². The molecule has 0 radical (unpaired) electrons. The molecule has 2 aromatic rings. The van der Waals surface area contributed by atoms with E-state index < -0.39 is 0 Å². The van der Waals surface area contributed by atoms with Crippen LogP contribution in [0.15, 0.2) is 35.1 Å². The van der Waals surface area contributed by atoms with E-state index in [0.29, 0.717) is 29.5 Å². The Kier molecular flexibility index (Phi) is 4.44. The van der Waals surface area contributed by atoms with Crippen molar-refractivity contribution in [1.82, 2.24) is 4.98 Å². The Bertz CT molecular complexity index is 739. The molecule has 0 saturated carbocycles. The number of aromatic amines is 1. The monoisotopic (exact) mass is 282 g/mol. The molecule has 0 aliphatic heterocycles. The first-order valence-corrected chi connectivity index (χ1v) is 6.89. The number of nitriles is 1. The summed E-state index contributed by atoms with van der Waals surface area (Å²) in [5.74, 6) is 1.09. The van der Waals surface area contributed by atoms with Gasteiger partial charge in [0.05, 0.1) is 6.61 Å². The predicted octanol–water partition coefficient (Wildman–Crippen LogP) is 3.26. The summed E-state index contributed by atoms with van der Waals surface area (Å²) in [7, 11) is 0. The lowest BCUT2D eigenvalue weighted by Crippen LogP contribution is -2.13. The minimum absolute atomic E-state index is 0.112. The number of pyridine rings is 1. The molecule has 21 heavy (non-hydrogen) atoms. The van der Waals surface area contributed by atoms with Crippen molar-refractivity contribution in [3.05, 3.63) is 51.9 Å². The van der Waals surface area contributed by atoms with Crippen molar-refractivity contribution in [2.75, 3.05) is 6.61 Å². The van der Waals surface area contributed by atoms with Crippen LogP contribution in [0.1, 0.15) is 25.1 Å². The molecule has 0 amide bonds. The normalized spacial score (nSPS) is 10.4. The largest absolute Gasteiger partial charge is 0.493 e. The zero-order valence-corrected chi connectivity index (χ0v) is 12.4. The number of ether oxygens (including phenoxy) is 1. The second-order valence-corrected chi connectivity index (χ2v) is 5.38. The van der Waals surface area contributed by atoms with Gasteiger partial charge in [-0.15, -0.1) is 0 Å². The summed E-state index contributed by atoms with van der Waals surface area (Å²) in [6, 6.07) is 11.3. The number of nitrogens with one attached hydrogen (secondary N) is 1. The molecule has 0 aliphatic carbocycles. The molecule has 2 rings (SSSR count). The first-order valence-electron chi connectivity index (χ1n) is 6.89. The molecule has 0 atom stereocenters. The molecule has 4 nitrogen and oxygen atoms in total. The number of para-hydroxylation sites is 1. The van der Waals surface area contributed by atoms with Crippen LogP contribution in [0.4, 0.5) is 0 Å². The van der Waals surface area contributed by atoms with Gasteiger partial charge in [-0.2, -0.15) is 5.26 Å². The average Bonchev–Trinajstić information content (AvgIpc) is 2.44. The maximum atomic E-state index is 11.9. The highest BCUT2D eigenvalue weighted by atomic mass is 16.5. The van der Waals surface area contributed by atoms with Gasteiger partial charge in [0.15, 0.2) is 0 Å². The Morgan fingerprint density at radius 3 is 2.67 bits per heavy atom. The number of aryl methyl sites for hydroxylation is 1. The van der Waals surface area contributed by atoms with Gasteiger partial charge in [0, 0.05) is 16.8 Å². The Hall–Kier alpha value is -2.54. The lowest BCUT2D eigenvalue weighted by Gasteiger charge is -2.14. The zero-order valence-electron chi connectivity index (χ0n) is 12.4. The van der Waals surface area contributed by atoms with Crippen LogP contribution in [0.2, 0.25) is 0 Å². The van der Waals surface area contributed by atoms with Crippen molar-refractivity contribution in [2.24, 2.45) is 5.92 Å². The Balaban J connectivity index is 2.58. The van der Waals surface area contributed by atoms with Crippen LogP contribution in [0, 0.1) is 24.2 Å². The van der Waals surface area contributed by atoms with E-state index in [1.54, 1.807) is 13.0 Å². The van der Waals surface area contributed by atoms with Gasteiger partial charge in [0.1, 0.15) is 17.4 Å². The van der Waals surface area contributed by atoms with Crippen molar-refractivity contribution in [3.8, 4) is 22.9 Å². The van der Waals surface area contributed by atoms with Gasteiger partial charge in [-0.3, -0.25) is 4.79 Å². The van der Waals surface area contributed by atoms with Crippen LogP contribution in [0.3, 0.4) is 0 Å². The van der Waals surface area contributed by atoms with Crippen LogP contribution < -0.4 is 10.3 Å². The third-order valence-electron chi connectivity index (χ3n) is 3.03. The summed E-state index contributed by atoms with van der Waals surface area (Å²) < 4.78 is 5.81. The molecule has 0 bridgehead atoms. The van der Waals surface area contributed by atoms with E-state index in [0.717, 1.165) is 5.56 Å². The molecular weight excluding hydrogens is 264 g/mol. The molecule has 0 fully saturated rings. The highest BCUT2D eigenvalue weighted by Gasteiger charge is 2.14. The summed E-state index contributed by atoms with van der Waals surface area (Å²) in [6.07, 6.45) is 0. The number of hydrogen-bond donors (Lipinski definition) is 1. The van der Waals surface area contributed by atoms with E-state index in [4.69, 9.17) is 4.74 Å². The van der Waals surface area contributed by atoms with Crippen molar-refractivity contribution < 1.29 is 4.74 Å². The standard InChI is InChI=1S/C17H18N2O2/c1-11(2)10-21-16-7-5-4-6-13(16)14-8-12(3)19-17(20)15(14)9-18/h4-8,11H,10H2,1-3H3,(H,19,20). The number of nitrogens with zero attached hydrogens (tertiary/aromatic N) is 1. The molecule has 108 valence electrons. The fraction of sp³-hybridized carbons (Fsp3) is 0.294. The van der Waals surface area contributed by atoms with E-state index in [1.807, 2.05) is 30.3 Å². The maximum Gasteiger partial charge on any atom is 0.266 e. The fourth-order valence-corrected chi connectivity index (χ4v) is 2.08. The number of aromatic nitrogens is 1. The molecule has 1 heterocycles. The minimum Gasteiger partial charge on any atom is -0.493 e. The number of rotatable bonds is 4. The average molecular weight is 282 g/mol. The summed E-state index contributed by atoms with van der Waals surface area (Å²) in [6.45, 7) is 6.52. The molecule has 1 aromatic heterocycles. The highest BCUT2D eigenvalue weighted by Crippen LogP contribution is 2.31. The van der Waals surface area contributed by atoms with Crippen LogP contribution in [-0.4, -0.2) is 11.6 Å². The lowest BCUT2D eigenvalue weighted by atomic mass is 10.00. The molecule has 0 spiro atoms. The first-order chi connectivity index (χ1) is 10.0. The third-order valence-corrected chi connectivity index (χ3v) is 3.03. The number of hydrogen-bond acceptors (Lipinski definition) is 3. The van der Waals surface area contributed by atoms with Gasteiger partial charge < -0.3 is 9.72 Å². The smallest absolute Gasteiger partial charge is 0.266 e. The van der Waals surface area contributed by atoms with Gasteiger partial charge in [-0.25, -0.2) is 0 Å². The molecular formula is C17H18N2O2. The second kappa shape index (κ2) is 6.27. The second-order valence-electron chi connectivity index (χ2n) is 5.38. The van der Waals surface area contributed by atoms with Gasteiger partial charge in [-0.05, 0) is 25.0 Å².